The van der Waals surface area contributed by atoms with Crippen molar-refractivity contribution >= 4 is 11.0 Å². The van der Waals surface area contributed by atoms with Crippen molar-refractivity contribution in [2.24, 2.45) is 0 Å². The number of fused-ring (bicyclic) bond motifs is 1. The molecule has 0 aliphatic heterocycles. The number of rotatable bonds is 0. The zero-order valence-corrected chi connectivity index (χ0v) is 5.58. The third-order valence-corrected chi connectivity index (χ3v) is 1.53. The molecule has 11 heavy (non-hydrogen) atoms. The lowest BCUT2D eigenvalue weighted by Gasteiger charge is -1.86. The van der Waals surface area contributed by atoms with Crippen molar-refractivity contribution in [3.63, 3.8) is 0 Å². The number of nitrogens with zero attached hydrogens (tertiary/aromatic N) is 1. The van der Waals surface area contributed by atoms with Crippen molar-refractivity contribution < 1.29 is 14.3 Å². The van der Waals surface area contributed by atoms with Crippen LogP contribution in [-0.4, -0.2) is 10.2 Å². The van der Waals surface area contributed by atoms with E-state index >= 15 is 0 Å². The molecule has 0 radical (unpaired) electrons. The summed E-state index contributed by atoms with van der Waals surface area (Å²) in [5, 5.41) is 9.10. The summed E-state index contributed by atoms with van der Waals surface area (Å²) in [6.45, 7) is 0. The van der Waals surface area contributed by atoms with Crippen LogP contribution in [0.5, 0.6) is 0 Å². The molecule has 0 aromatic carbocycles. The van der Waals surface area contributed by atoms with E-state index in [1.807, 2.05) is 0 Å². The molecule has 0 spiro atoms. The van der Waals surface area contributed by atoms with Gasteiger partial charge < -0.3 is 4.98 Å². The first-order valence-corrected chi connectivity index (χ1v) is 3.15. The second-order valence-corrected chi connectivity index (χ2v) is 2.28. The van der Waals surface area contributed by atoms with Crippen LogP contribution in [0.25, 0.3) is 11.0 Å². The average Bonchev–Trinajstić information content (AvgIpc) is 2.34. The summed E-state index contributed by atoms with van der Waals surface area (Å²) in [4.78, 5) is 2.78. The largest absolute Gasteiger partial charge is 0.356 e. The Morgan fingerprint density at radius 1 is 1.55 bits per heavy atom. The Morgan fingerprint density at radius 3 is 3.18 bits per heavy atom. The fourth-order valence-electron chi connectivity index (χ4n) is 1.05. The van der Waals surface area contributed by atoms with Crippen molar-refractivity contribution in [3.8, 4) is 0 Å². The van der Waals surface area contributed by atoms with Gasteiger partial charge in [-0.05, 0) is 0 Å². The number of hydrogen-bond donors (Lipinski definition) is 2. The van der Waals surface area contributed by atoms with Crippen LogP contribution >= 0.6 is 0 Å². The smallest absolute Gasteiger partial charge is 0.282 e. The van der Waals surface area contributed by atoms with Crippen molar-refractivity contribution in [1.82, 2.24) is 4.98 Å². The number of nitrogens with one attached hydrogen (secondary N) is 1. The summed E-state index contributed by atoms with van der Waals surface area (Å²) >= 11 is 0. The van der Waals surface area contributed by atoms with Gasteiger partial charge in [0.25, 0.3) is 11.7 Å². The Morgan fingerprint density at radius 2 is 2.36 bits per heavy atom. The number of pyridine rings is 1. The normalized spacial score (nSPS) is 10.6. The van der Waals surface area contributed by atoms with E-state index in [0.717, 1.165) is 10.9 Å². The van der Waals surface area contributed by atoms with Gasteiger partial charge in [-0.2, -0.15) is 0 Å². The predicted molar refractivity (Wildman–Crippen MR) is 35.6 cm³/mol. The molecule has 0 saturated heterocycles. The quantitative estimate of drug-likeness (QED) is 0.427. The molecule has 4 heteroatoms. The third-order valence-electron chi connectivity index (χ3n) is 1.53. The van der Waals surface area contributed by atoms with Crippen molar-refractivity contribution in [2.45, 2.75) is 0 Å². The van der Waals surface area contributed by atoms with Gasteiger partial charge in [-0.1, -0.05) is 0 Å². The average molecular weight is 153 g/mol. The second-order valence-electron chi connectivity index (χ2n) is 2.28. The first-order chi connectivity index (χ1) is 5.27. The van der Waals surface area contributed by atoms with E-state index in [0.29, 0.717) is 11.0 Å². The van der Waals surface area contributed by atoms with E-state index in [4.69, 9.17) is 5.21 Å². The standard InChI is InChI=1S/C7H5FN2O/c8-5-3-6-7(1-2-9-6)10(11)4-5/h1-4,11H/p+1. The number of aromatic nitrogens is 2. The first-order valence-electron chi connectivity index (χ1n) is 3.15. The van der Waals surface area contributed by atoms with Crippen LogP contribution in [0.4, 0.5) is 4.39 Å². The highest BCUT2D eigenvalue weighted by molar-refractivity contribution is 5.70. The Labute approximate surface area is 61.7 Å². The summed E-state index contributed by atoms with van der Waals surface area (Å²) < 4.78 is 13.3. The summed E-state index contributed by atoms with van der Waals surface area (Å²) in [7, 11) is 0. The Kier molecular flexibility index (Phi) is 1.09. The van der Waals surface area contributed by atoms with Gasteiger partial charge in [0, 0.05) is 23.1 Å². The van der Waals surface area contributed by atoms with Gasteiger partial charge in [-0.3, -0.25) is 5.21 Å². The van der Waals surface area contributed by atoms with Crippen LogP contribution in [0.2, 0.25) is 0 Å². The van der Waals surface area contributed by atoms with Gasteiger partial charge >= 0.3 is 0 Å². The van der Waals surface area contributed by atoms with Gasteiger partial charge in [-0.25, -0.2) is 4.39 Å². The number of hydrogen-bond acceptors (Lipinski definition) is 1. The lowest BCUT2D eigenvalue weighted by atomic mass is 10.4. The lowest BCUT2D eigenvalue weighted by Crippen LogP contribution is -2.30. The molecule has 0 saturated carbocycles. The van der Waals surface area contributed by atoms with Crippen LogP contribution in [0.15, 0.2) is 24.5 Å². The summed E-state index contributed by atoms with van der Waals surface area (Å²) in [6, 6.07) is 2.98. The fourth-order valence-corrected chi connectivity index (χ4v) is 1.05. The Bertz CT molecular complexity index is 396. The van der Waals surface area contributed by atoms with Gasteiger partial charge in [0.2, 0.25) is 0 Å². The van der Waals surface area contributed by atoms with Crippen LogP contribution < -0.4 is 4.73 Å². The number of aromatic amines is 1. The molecule has 2 aromatic rings. The molecule has 0 bridgehead atoms. The van der Waals surface area contributed by atoms with Crippen molar-refractivity contribution in [1.29, 1.82) is 0 Å². The van der Waals surface area contributed by atoms with Crippen LogP contribution in [-0.2, 0) is 0 Å². The molecule has 3 nitrogen and oxygen atoms in total. The maximum atomic E-state index is 12.6. The van der Waals surface area contributed by atoms with E-state index < -0.39 is 5.82 Å². The predicted octanol–water partition coefficient (Wildman–Crippen LogP) is 0.832. The molecule has 0 amide bonds. The minimum Gasteiger partial charge on any atom is -0.356 e. The summed E-state index contributed by atoms with van der Waals surface area (Å²) in [5.41, 5.74) is 1.14. The summed E-state index contributed by atoms with van der Waals surface area (Å²) in [5.74, 6) is -0.470. The first kappa shape index (κ1) is 6.15. The SMILES string of the molecule is O[n+]1cc(F)cc2[nH]ccc21. The zero-order chi connectivity index (χ0) is 7.84. The van der Waals surface area contributed by atoms with Gasteiger partial charge in [-0.15, -0.1) is 0 Å². The molecular weight excluding hydrogens is 147 g/mol. The number of halogens is 1. The molecule has 2 N–H and O–H groups in total. The lowest BCUT2D eigenvalue weighted by molar-refractivity contribution is -0.885. The van der Waals surface area contributed by atoms with Crippen molar-refractivity contribution in [2.75, 3.05) is 0 Å². The van der Waals surface area contributed by atoms with Gasteiger partial charge in [0.15, 0.2) is 5.82 Å². The van der Waals surface area contributed by atoms with Gasteiger partial charge in [0.05, 0.1) is 0 Å². The molecule has 2 aromatic heterocycles. The van der Waals surface area contributed by atoms with E-state index in [2.05, 4.69) is 4.98 Å². The zero-order valence-electron chi connectivity index (χ0n) is 5.58. The van der Waals surface area contributed by atoms with E-state index in [9.17, 15) is 4.39 Å². The fraction of sp³-hybridized carbons (Fsp3) is 0. The van der Waals surface area contributed by atoms with E-state index in [-0.39, 0.29) is 0 Å². The summed E-state index contributed by atoms with van der Waals surface area (Å²) in [6.07, 6.45) is 2.65. The second kappa shape index (κ2) is 1.95. The molecule has 2 rings (SSSR count). The molecule has 0 fully saturated rings. The molecular formula is C7H6FN2O+. The van der Waals surface area contributed by atoms with Crippen LogP contribution in [0.3, 0.4) is 0 Å². The molecule has 2 heterocycles. The van der Waals surface area contributed by atoms with Crippen molar-refractivity contribution in [3.05, 3.63) is 30.3 Å². The molecule has 0 unspecified atom stereocenters. The maximum absolute atomic E-state index is 12.6. The maximum Gasteiger partial charge on any atom is 0.282 e. The molecule has 0 atom stereocenters. The van der Waals surface area contributed by atoms with Crippen LogP contribution in [0.1, 0.15) is 0 Å². The monoisotopic (exact) mass is 153 g/mol. The molecule has 0 aliphatic rings. The highest BCUT2D eigenvalue weighted by Gasteiger charge is 2.10. The molecule has 0 aliphatic carbocycles. The van der Waals surface area contributed by atoms with Gasteiger partial charge in [0.1, 0.15) is 5.52 Å². The van der Waals surface area contributed by atoms with E-state index in [1.165, 1.54) is 6.07 Å². The Balaban J connectivity index is 2.91. The molecule has 56 valence electrons. The van der Waals surface area contributed by atoms with Crippen LogP contribution in [0, 0.1) is 5.82 Å². The minimum atomic E-state index is -0.470. The Hall–Kier alpha value is -1.58. The van der Waals surface area contributed by atoms with E-state index in [1.54, 1.807) is 12.3 Å². The topological polar surface area (TPSA) is 39.9 Å². The minimum absolute atomic E-state index is 0.470. The number of H-pyrrole nitrogens is 1. The highest BCUT2D eigenvalue weighted by atomic mass is 19.1. The third kappa shape index (κ3) is 0.832. The highest BCUT2D eigenvalue weighted by Crippen LogP contribution is 2.06.